The van der Waals surface area contributed by atoms with E-state index in [1.165, 1.54) is 5.69 Å². The van der Waals surface area contributed by atoms with E-state index in [0.29, 0.717) is 0 Å². The second kappa shape index (κ2) is 7.65. The zero-order chi connectivity index (χ0) is 14.5. The Labute approximate surface area is 130 Å². The molecule has 1 aromatic rings. The van der Waals surface area contributed by atoms with E-state index in [9.17, 15) is 0 Å². The van der Waals surface area contributed by atoms with Crippen LogP contribution in [-0.2, 0) is 13.1 Å². The van der Waals surface area contributed by atoms with E-state index in [-0.39, 0.29) is 5.41 Å². The molecule has 0 saturated heterocycles. The van der Waals surface area contributed by atoms with Crippen LogP contribution in [0.2, 0.25) is 0 Å². The first-order chi connectivity index (χ1) is 8.91. The fourth-order valence-corrected chi connectivity index (χ4v) is 2.75. The van der Waals surface area contributed by atoms with Gasteiger partial charge in [0.25, 0.3) is 0 Å². The van der Waals surface area contributed by atoms with Crippen LogP contribution in [0.5, 0.6) is 0 Å². The SMILES string of the molecule is CCn1nc(C)c(Br)c1CNCC(C)(C)CCCCl. The molecule has 5 heteroatoms. The number of hydrogen-bond acceptors (Lipinski definition) is 2. The van der Waals surface area contributed by atoms with Crippen molar-refractivity contribution in [1.29, 1.82) is 0 Å². The van der Waals surface area contributed by atoms with E-state index in [1.807, 2.05) is 6.92 Å². The predicted octanol–water partition coefficient (Wildman–Crippen LogP) is 4.11. The minimum absolute atomic E-state index is 0.285. The fourth-order valence-electron chi connectivity index (χ4n) is 2.19. The first-order valence-electron chi connectivity index (χ1n) is 6.89. The lowest BCUT2D eigenvalue weighted by Gasteiger charge is -2.24. The number of aryl methyl sites for hydroxylation is 2. The highest BCUT2D eigenvalue weighted by molar-refractivity contribution is 9.10. The molecule has 0 aliphatic heterocycles. The van der Waals surface area contributed by atoms with E-state index in [0.717, 1.165) is 48.5 Å². The largest absolute Gasteiger partial charge is 0.311 e. The first kappa shape index (κ1) is 17.0. The summed E-state index contributed by atoms with van der Waals surface area (Å²) < 4.78 is 3.18. The number of nitrogens with zero attached hydrogens (tertiary/aromatic N) is 2. The molecule has 1 heterocycles. The third kappa shape index (κ3) is 5.09. The highest BCUT2D eigenvalue weighted by Crippen LogP contribution is 2.23. The quantitative estimate of drug-likeness (QED) is 0.715. The van der Waals surface area contributed by atoms with Crippen LogP contribution in [0.4, 0.5) is 0 Å². The minimum atomic E-state index is 0.285. The molecule has 0 aliphatic carbocycles. The summed E-state index contributed by atoms with van der Waals surface area (Å²) in [5.41, 5.74) is 2.57. The van der Waals surface area contributed by atoms with Crippen molar-refractivity contribution in [1.82, 2.24) is 15.1 Å². The lowest BCUT2D eigenvalue weighted by atomic mass is 9.88. The molecule has 0 spiro atoms. The number of aromatic nitrogens is 2. The van der Waals surface area contributed by atoms with E-state index >= 15 is 0 Å². The Morgan fingerprint density at radius 2 is 2.11 bits per heavy atom. The van der Waals surface area contributed by atoms with Gasteiger partial charge < -0.3 is 5.32 Å². The van der Waals surface area contributed by atoms with Crippen LogP contribution >= 0.6 is 27.5 Å². The molecule has 1 N–H and O–H groups in total. The van der Waals surface area contributed by atoms with E-state index in [1.54, 1.807) is 0 Å². The summed E-state index contributed by atoms with van der Waals surface area (Å²) in [6.07, 6.45) is 2.22. The molecule has 110 valence electrons. The normalized spacial score (nSPS) is 12.1. The highest BCUT2D eigenvalue weighted by Gasteiger charge is 2.18. The van der Waals surface area contributed by atoms with Gasteiger partial charge in [-0.25, -0.2) is 0 Å². The van der Waals surface area contributed by atoms with E-state index in [2.05, 4.69) is 51.8 Å². The van der Waals surface area contributed by atoms with Gasteiger partial charge in [0.05, 0.1) is 15.9 Å². The summed E-state index contributed by atoms with van der Waals surface area (Å²) in [4.78, 5) is 0. The van der Waals surface area contributed by atoms with Crippen molar-refractivity contribution in [2.75, 3.05) is 12.4 Å². The van der Waals surface area contributed by atoms with Gasteiger partial charge in [-0.2, -0.15) is 5.10 Å². The third-order valence-corrected chi connectivity index (χ3v) is 4.63. The molecule has 0 aliphatic rings. The maximum Gasteiger partial charge on any atom is 0.0739 e. The molecule has 0 radical (unpaired) electrons. The standard InChI is InChI=1S/C14H25BrClN3/c1-5-19-12(13(15)11(2)18-19)9-17-10-14(3,4)7-6-8-16/h17H,5-10H2,1-4H3. The van der Waals surface area contributed by atoms with Gasteiger partial charge >= 0.3 is 0 Å². The molecule has 0 saturated carbocycles. The van der Waals surface area contributed by atoms with Gasteiger partial charge in [-0.05, 0) is 48.0 Å². The molecule has 3 nitrogen and oxygen atoms in total. The van der Waals surface area contributed by atoms with Crippen molar-refractivity contribution < 1.29 is 0 Å². The third-order valence-electron chi connectivity index (χ3n) is 3.34. The van der Waals surface area contributed by atoms with Crippen LogP contribution in [0.25, 0.3) is 0 Å². The number of hydrogen-bond donors (Lipinski definition) is 1. The number of rotatable bonds is 8. The average molecular weight is 351 g/mol. The van der Waals surface area contributed by atoms with Crippen molar-refractivity contribution >= 4 is 27.5 Å². The lowest BCUT2D eigenvalue weighted by Crippen LogP contribution is -2.30. The summed E-state index contributed by atoms with van der Waals surface area (Å²) in [6.45, 7) is 11.5. The zero-order valence-corrected chi connectivity index (χ0v) is 14.7. The molecule has 0 atom stereocenters. The molecule has 1 aromatic heterocycles. The van der Waals surface area contributed by atoms with Gasteiger partial charge in [-0.1, -0.05) is 13.8 Å². The summed E-state index contributed by atoms with van der Waals surface area (Å²) >= 11 is 9.39. The van der Waals surface area contributed by atoms with Crippen LogP contribution in [0.15, 0.2) is 4.47 Å². The van der Waals surface area contributed by atoms with Crippen LogP contribution < -0.4 is 5.32 Å². The number of alkyl halides is 1. The van der Waals surface area contributed by atoms with Crippen LogP contribution in [0.1, 0.15) is 45.0 Å². The van der Waals surface area contributed by atoms with E-state index < -0.39 is 0 Å². The average Bonchev–Trinajstić information content (AvgIpc) is 2.64. The van der Waals surface area contributed by atoms with Crippen molar-refractivity contribution in [3.8, 4) is 0 Å². The van der Waals surface area contributed by atoms with Crippen LogP contribution in [-0.4, -0.2) is 22.2 Å². The number of nitrogens with one attached hydrogen (secondary N) is 1. The van der Waals surface area contributed by atoms with Gasteiger partial charge in [0, 0.05) is 25.5 Å². The van der Waals surface area contributed by atoms with Gasteiger partial charge in [0.2, 0.25) is 0 Å². The first-order valence-corrected chi connectivity index (χ1v) is 8.22. The summed E-state index contributed by atoms with van der Waals surface area (Å²) in [5, 5.41) is 8.05. The summed E-state index contributed by atoms with van der Waals surface area (Å²) in [5.74, 6) is 0.747. The van der Waals surface area contributed by atoms with Gasteiger partial charge in [-0.3, -0.25) is 4.68 Å². The lowest BCUT2D eigenvalue weighted by molar-refractivity contribution is 0.309. The predicted molar refractivity (Wildman–Crippen MR) is 85.8 cm³/mol. The Morgan fingerprint density at radius 1 is 1.42 bits per heavy atom. The number of halogens is 2. The molecule has 0 unspecified atom stereocenters. The Hall–Kier alpha value is -0.0600. The van der Waals surface area contributed by atoms with Crippen LogP contribution in [0, 0.1) is 12.3 Å². The highest BCUT2D eigenvalue weighted by atomic mass is 79.9. The monoisotopic (exact) mass is 349 g/mol. The van der Waals surface area contributed by atoms with Crippen LogP contribution in [0.3, 0.4) is 0 Å². The second-order valence-corrected chi connectivity index (χ2v) is 6.89. The molecule has 0 fully saturated rings. The molecule has 0 aromatic carbocycles. The smallest absolute Gasteiger partial charge is 0.0739 e. The Bertz CT molecular complexity index is 402. The van der Waals surface area contributed by atoms with Gasteiger partial charge in [-0.15, -0.1) is 11.6 Å². The molecule has 1 rings (SSSR count). The molecule has 0 amide bonds. The maximum absolute atomic E-state index is 5.76. The minimum Gasteiger partial charge on any atom is -0.311 e. The van der Waals surface area contributed by atoms with Gasteiger partial charge in [0.15, 0.2) is 0 Å². The van der Waals surface area contributed by atoms with Gasteiger partial charge in [0.1, 0.15) is 0 Å². The van der Waals surface area contributed by atoms with E-state index in [4.69, 9.17) is 11.6 Å². The molecular weight excluding hydrogens is 326 g/mol. The summed E-state index contributed by atoms with van der Waals surface area (Å²) in [7, 11) is 0. The van der Waals surface area contributed by atoms with Crippen molar-refractivity contribution in [3.05, 3.63) is 15.9 Å². The molecular formula is C14H25BrClN3. The fraction of sp³-hybridized carbons (Fsp3) is 0.786. The summed E-state index contributed by atoms with van der Waals surface area (Å²) in [6, 6.07) is 0. The van der Waals surface area contributed by atoms with Crippen molar-refractivity contribution in [3.63, 3.8) is 0 Å². The maximum atomic E-state index is 5.76. The Morgan fingerprint density at radius 3 is 2.68 bits per heavy atom. The van der Waals surface area contributed by atoms with Crippen molar-refractivity contribution in [2.24, 2.45) is 5.41 Å². The topological polar surface area (TPSA) is 29.9 Å². The zero-order valence-electron chi connectivity index (χ0n) is 12.4. The Balaban J connectivity index is 2.53. The molecule has 0 bridgehead atoms. The second-order valence-electron chi connectivity index (χ2n) is 5.72. The Kier molecular flexibility index (Phi) is 6.84. The molecule has 19 heavy (non-hydrogen) atoms. The van der Waals surface area contributed by atoms with Crippen molar-refractivity contribution in [2.45, 2.75) is 53.6 Å².